The van der Waals surface area contributed by atoms with Gasteiger partial charge in [-0.1, -0.05) is 11.8 Å². The number of aromatic amines is 1. The van der Waals surface area contributed by atoms with E-state index in [1.807, 2.05) is 6.26 Å². The summed E-state index contributed by atoms with van der Waals surface area (Å²) in [6.07, 6.45) is 3.46. The first kappa shape index (κ1) is 11.3. The van der Waals surface area contributed by atoms with E-state index in [1.54, 1.807) is 0 Å². The predicted molar refractivity (Wildman–Crippen MR) is 63.2 cm³/mol. The van der Waals surface area contributed by atoms with Gasteiger partial charge in [-0.3, -0.25) is 4.79 Å². The van der Waals surface area contributed by atoms with Crippen LogP contribution in [0.1, 0.15) is 24.1 Å². The maximum atomic E-state index is 11.9. The molecule has 3 rings (SSSR count). The topological polar surface area (TPSA) is 64.2 Å². The van der Waals surface area contributed by atoms with E-state index < -0.39 is 0 Å². The molecule has 0 bridgehead atoms. The molecule has 0 saturated carbocycles. The molecule has 0 aromatic carbocycles. The van der Waals surface area contributed by atoms with Gasteiger partial charge < -0.3 is 14.5 Å². The molecule has 1 fully saturated rings. The zero-order chi connectivity index (χ0) is 11.9. The smallest absolute Gasteiger partial charge is 0.257 e. The highest BCUT2D eigenvalue weighted by Gasteiger charge is 2.44. The number of fused-ring (bicyclic) bond motifs is 2. The molecule has 3 heterocycles. The van der Waals surface area contributed by atoms with Gasteiger partial charge in [0.05, 0.1) is 17.9 Å². The van der Waals surface area contributed by atoms with Crippen LogP contribution >= 0.6 is 11.8 Å². The van der Waals surface area contributed by atoms with E-state index >= 15 is 0 Å². The van der Waals surface area contributed by atoms with Crippen LogP contribution in [0, 0.1) is 0 Å². The molecule has 17 heavy (non-hydrogen) atoms. The van der Waals surface area contributed by atoms with E-state index in [2.05, 4.69) is 9.97 Å². The molecule has 92 valence electrons. The second-order valence-corrected chi connectivity index (χ2v) is 5.09. The van der Waals surface area contributed by atoms with E-state index in [4.69, 9.17) is 9.47 Å². The third kappa shape index (κ3) is 1.71. The van der Waals surface area contributed by atoms with Crippen LogP contribution in [0.3, 0.4) is 0 Å². The van der Waals surface area contributed by atoms with Gasteiger partial charge in [0.25, 0.3) is 5.56 Å². The minimum absolute atomic E-state index is 0.0669. The van der Waals surface area contributed by atoms with E-state index in [0.717, 1.165) is 18.5 Å². The fourth-order valence-electron chi connectivity index (χ4n) is 2.45. The molecular weight excluding hydrogens is 240 g/mol. The van der Waals surface area contributed by atoms with Gasteiger partial charge in [-0.2, -0.15) is 0 Å². The highest BCUT2D eigenvalue weighted by Crippen LogP contribution is 2.41. The second-order valence-electron chi connectivity index (χ2n) is 4.30. The summed E-state index contributed by atoms with van der Waals surface area (Å²) in [6.45, 7) is 1.71. The SMILES string of the molecule is CSc1nc2c(c(=O)[nH]1)COC21CCOCC1. The normalized spacial score (nSPS) is 21.7. The maximum Gasteiger partial charge on any atom is 0.257 e. The standard InChI is InChI=1S/C11H14N2O3S/c1-17-10-12-8-7(9(14)13-10)6-16-11(8)2-4-15-5-3-11/h2-6H2,1H3,(H,12,13,14). The van der Waals surface area contributed by atoms with Crippen LogP contribution in [0.2, 0.25) is 0 Å². The summed E-state index contributed by atoms with van der Waals surface area (Å²) in [5.41, 5.74) is 1.06. The second kappa shape index (κ2) is 4.12. The van der Waals surface area contributed by atoms with Gasteiger partial charge in [0, 0.05) is 26.1 Å². The Balaban J connectivity index is 2.11. The summed E-state index contributed by atoms with van der Waals surface area (Å²) in [7, 11) is 0. The van der Waals surface area contributed by atoms with Gasteiger partial charge in [-0.25, -0.2) is 4.98 Å². The van der Waals surface area contributed by atoms with Crippen LogP contribution in [0.4, 0.5) is 0 Å². The molecule has 2 aliphatic heterocycles. The number of H-pyrrole nitrogens is 1. The number of ether oxygens (including phenoxy) is 2. The molecule has 6 heteroatoms. The van der Waals surface area contributed by atoms with E-state index in [0.29, 0.717) is 30.5 Å². The number of rotatable bonds is 1. The first-order chi connectivity index (χ1) is 8.25. The van der Waals surface area contributed by atoms with Crippen molar-refractivity contribution in [3.8, 4) is 0 Å². The van der Waals surface area contributed by atoms with Gasteiger partial charge in [-0.15, -0.1) is 0 Å². The Kier molecular flexibility index (Phi) is 2.72. The van der Waals surface area contributed by atoms with Crippen molar-refractivity contribution in [2.45, 2.75) is 30.2 Å². The van der Waals surface area contributed by atoms with Crippen molar-refractivity contribution >= 4 is 11.8 Å². The van der Waals surface area contributed by atoms with Crippen molar-refractivity contribution in [3.63, 3.8) is 0 Å². The third-order valence-electron chi connectivity index (χ3n) is 3.41. The molecule has 1 aromatic heterocycles. The molecule has 5 nitrogen and oxygen atoms in total. The third-order valence-corrected chi connectivity index (χ3v) is 3.99. The van der Waals surface area contributed by atoms with Gasteiger partial charge in [0.2, 0.25) is 0 Å². The summed E-state index contributed by atoms with van der Waals surface area (Å²) < 4.78 is 11.2. The van der Waals surface area contributed by atoms with Crippen LogP contribution in [0.25, 0.3) is 0 Å². The number of hydrogen-bond donors (Lipinski definition) is 1. The van der Waals surface area contributed by atoms with Crippen LogP contribution in [0.15, 0.2) is 9.95 Å². The number of thioether (sulfide) groups is 1. The molecule has 1 spiro atoms. The highest BCUT2D eigenvalue weighted by atomic mass is 32.2. The molecule has 0 radical (unpaired) electrons. The van der Waals surface area contributed by atoms with E-state index in [9.17, 15) is 4.79 Å². The Morgan fingerprint density at radius 3 is 2.88 bits per heavy atom. The number of aromatic nitrogens is 2. The largest absolute Gasteiger partial charge is 0.381 e. The Hall–Kier alpha value is -0.850. The molecule has 1 N–H and O–H groups in total. The molecule has 1 aromatic rings. The van der Waals surface area contributed by atoms with Gasteiger partial charge in [0.15, 0.2) is 5.16 Å². The van der Waals surface area contributed by atoms with Crippen molar-refractivity contribution in [3.05, 3.63) is 21.6 Å². The quantitative estimate of drug-likeness (QED) is 0.599. The lowest BCUT2D eigenvalue weighted by Crippen LogP contribution is -2.34. The van der Waals surface area contributed by atoms with Crippen molar-refractivity contribution in [2.24, 2.45) is 0 Å². The minimum Gasteiger partial charge on any atom is -0.381 e. The fourth-order valence-corrected chi connectivity index (χ4v) is 2.82. The lowest BCUT2D eigenvalue weighted by atomic mass is 9.90. The van der Waals surface area contributed by atoms with E-state index in [-0.39, 0.29) is 11.2 Å². The van der Waals surface area contributed by atoms with Crippen LogP contribution in [0.5, 0.6) is 0 Å². The summed E-state index contributed by atoms with van der Waals surface area (Å²) >= 11 is 1.44. The first-order valence-electron chi connectivity index (χ1n) is 5.64. The minimum atomic E-state index is -0.383. The molecule has 0 aliphatic carbocycles. The van der Waals surface area contributed by atoms with Crippen molar-refractivity contribution in [1.82, 2.24) is 9.97 Å². The van der Waals surface area contributed by atoms with Crippen molar-refractivity contribution in [2.75, 3.05) is 19.5 Å². The Morgan fingerprint density at radius 2 is 2.18 bits per heavy atom. The van der Waals surface area contributed by atoms with Crippen LogP contribution in [-0.4, -0.2) is 29.4 Å². The zero-order valence-corrected chi connectivity index (χ0v) is 10.4. The first-order valence-corrected chi connectivity index (χ1v) is 6.87. The summed E-state index contributed by atoms with van der Waals surface area (Å²) in [6, 6.07) is 0. The molecule has 0 atom stereocenters. The molecule has 0 amide bonds. The average Bonchev–Trinajstić information content (AvgIpc) is 2.70. The monoisotopic (exact) mass is 254 g/mol. The molecular formula is C11H14N2O3S. The zero-order valence-electron chi connectivity index (χ0n) is 9.62. The Morgan fingerprint density at radius 1 is 1.41 bits per heavy atom. The van der Waals surface area contributed by atoms with Gasteiger partial charge in [-0.05, 0) is 6.26 Å². The van der Waals surface area contributed by atoms with Crippen LogP contribution in [-0.2, 0) is 21.7 Å². The van der Waals surface area contributed by atoms with Crippen molar-refractivity contribution < 1.29 is 9.47 Å². The lowest BCUT2D eigenvalue weighted by Gasteiger charge is -2.32. The van der Waals surface area contributed by atoms with E-state index in [1.165, 1.54) is 11.8 Å². The highest BCUT2D eigenvalue weighted by molar-refractivity contribution is 7.98. The fraction of sp³-hybridized carbons (Fsp3) is 0.636. The average molecular weight is 254 g/mol. The van der Waals surface area contributed by atoms with Gasteiger partial charge >= 0.3 is 0 Å². The number of hydrogen-bond acceptors (Lipinski definition) is 5. The van der Waals surface area contributed by atoms with Crippen LogP contribution < -0.4 is 5.56 Å². The van der Waals surface area contributed by atoms with Crippen molar-refractivity contribution in [1.29, 1.82) is 0 Å². The molecule has 0 unspecified atom stereocenters. The number of nitrogens with zero attached hydrogens (tertiary/aromatic N) is 1. The lowest BCUT2D eigenvalue weighted by molar-refractivity contribution is -0.109. The summed E-state index contributed by atoms with van der Waals surface area (Å²) in [5.74, 6) is 0. The summed E-state index contributed by atoms with van der Waals surface area (Å²) in [4.78, 5) is 19.2. The predicted octanol–water partition coefficient (Wildman–Crippen LogP) is 1.03. The van der Waals surface area contributed by atoms with Gasteiger partial charge in [0.1, 0.15) is 5.60 Å². The maximum absolute atomic E-state index is 11.9. The molecule has 1 saturated heterocycles. The Bertz CT molecular complexity index is 494. The Labute approximate surface area is 103 Å². The number of nitrogens with one attached hydrogen (secondary N) is 1. The molecule has 2 aliphatic rings. The summed E-state index contributed by atoms with van der Waals surface area (Å²) in [5, 5.41) is 0.658.